The lowest BCUT2D eigenvalue weighted by molar-refractivity contribution is 0.0689. The Morgan fingerprint density at radius 2 is 2.08 bits per heavy atom. The summed E-state index contributed by atoms with van der Waals surface area (Å²) in [6.45, 7) is 4.23. The summed E-state index contributed by atoms with van der Waals surface area (Å²) in [6, 6.07) is 9.34. The number of fused-ring (bicyclic) bond motifs is 1. The van der Waals surface area contributed by atoms with Gasteiger partial charge in [-0.05, 0) is 37.9 Å². The number of hydrogen-bond acceptors (Lipinski definition) is 4. The minimum atomic E-state index is -0.221. The van der Waals surface area contributed by atoms with Crippen LogP contribution in [-0.2, 0) is 11.3 Å². The number of nitrogens with zero attached hydrogens (tertiary/aromatic N) is 2. The van der Waals surface area contributed by atoms with Crippen LogP contribution in [0.4, 0.5) is 4.79 Å². The zero-order valence-corrected chi connectivity index (χ0v) is 15.2. The van der Waals surface area contributed by atoms with E-state index < -0.39 is 0 Å². The maximum absolute atomic E-state index is 12.3. The number of rotatable bonds is 2. The van der Waals surface area contributed by atoms with Crippen LogP contribution in [0.3, 0.4) is 0 Å². The van der Waals surface area contributed by atoms with Crippen molar-refractivity contribution in [2.45, 2.75) is 25.8 Å². The second-order valence-corrected chi connectivity index (χ2v) is 7.66. The average Bonchev–Trinajstić information content (AvgIpc) is 3.02. The van der Waals surface area contributed by atoms with Crippen molar-refractivity contribution in [1.82, 2.24) is 14.8 Å². The molecular formula is C20H25N3O3. The minimum Gasteiger partial charge on any atom is -0.453 e. The number of piperidine rings is 1. The highest BCUT2D eigenvalue weighted by molar-refractivity contribution is 5.78. The van der Waals surface area contributed by atoms with Gasteiger partial charge in [0.15, 0.2) is 5.43 Å². The number of methoxy groups -OCH3 is 1. The van der Waals surface area contributed by atoms with E-state index in [0.717, 1.165) is 68.6 Å². The van der Waals surface area contributed by atoms with Crippen LogP contribution in [-0.4, -0.2) is 54.2 Å². The summed E-state index contributed by atoms with van der Waals surface area (Å²) in [5, 5.41) is 0.732. The first-order valence-corrected chi connectivity index (χ1v) is 9.25. The fourth-order valence-corrected chi connectivity index (χ4v) is 4.57. The fourth-order valence-electron chi connectivity index (χ4n) is 4.57. The molecule has 0 aliphatic carbocycles. The van der Waals surface area contributed by atoms with Crippen molar-refractivity contribution < 1.29 is 9.53 Å². The van der Waals surface area contributed by atoms with Crippen LogP contribution in [0, 0.1) is 5.41 Å². The molecule has 1 unspecified atom stereocenters. The summed E-state index contributed by atoms with van der Waals surface area (Å²) in [7, 11) is 1.45. The third-order valence-corrected chi connectivity index (χ3v) is 5.80. The molecule has 0 radical (unpaired) electrons. The van der Waals surface area contributed by atoms with Crippen LogP contribution in [0.2, 0.25) is 0 Å². The second-order valence-electron chi connectivity index (χ2n) is 7.66. The molecule has 6 heteroatoms. The lowest BCUT2D eigenvalue weighted by Crippen LogP contribution is -2.47. The lowest BCUT2D eigenvalue weighted by atomic mass is 9.79. The number of amides is 1. The normalized spacial score (nSPS) is 23.7. The van der Waals surface area contributed by atoms with Crippen LogP contribution < -0.4 is 5.43 Å². The van der Waals surface area contributed by atoms with E-state index in [2.05, 4.69) is 9.88 Å². The summed E-state index contributed by atoms with van der Waals surface area (Å²) < 4.78 is 4.90. The number of aromatic nitrogens is 1. The van der Waals surface area contributed by atoms with E-state index in [0.29, 0.717) is 0 Å². The third-order valence-electron chi connectivity index (χ3n) is 5.80. The Kier molecular flexibility index (Phi) is 4.44. The van der Waals surface area contributed by atoms with Gasteiger partial charge in [0, 0.05) is 54.3 Å². The van der Waals surface area contributed by atoms with Gasteiger partial charge in [0.25, 0.3) is 0 Å². The molecule has 1 aromatic carbocycles. The molecule has 1 N–H and O–H groups in total. The fraction of sp³-hybridized carbons (Fsp3) is 0.500. The van der Waals surface area contributed by atoms with Gasteiger partial charge in [0.2, 0.25) is 0 Å². The summed E-state index contributed by atoms with van der Waals surface area (Å²) in [5.41, 5.74) is 2.06. The molecule has 1 amide bonds. The van der Waals surface area contributed by atoms with Gasteiger partial charge < -0.3 is 14.6 Å². The Morgan fingerprint density at radius 1 is 1.23 bits per heavy atom. The van der Waals surface area contributed by atoms with Crippen molar-refractivity contribution in [3.05, 3.63) is 46.2 Å². The van der Waals surface area contributed by atoms with Gasteiger partial charge >= 0.3 is 6.09 Å². The number of pyridine rings is 1. The summed E-state index contributed by atoms with van der Waals surface area (Å²) in [5.74, 6) is 0. The van der Waals surface area contributed by atoms with Crippen molar-refractivity contribution >= 4 is 17.0 Å². The topological polar surface area (TPSA) is 65.6 Å². The number of carbonyl (C=O) groups excluding carboxylic acids is 1. The van der Waals surface area contributed by atoms with E-state index in [1.807, 2.05) is 29.2 Å². The van der Waals surface area contributed by atoms with E-state index in [4.69, 9.17) is 4.74 Å². The Morgan fingerprint density at radius 3 is 2.92 bits per heavy atom. The number of carbonyl (C=O) groups is 1. The van der Waals surface area contributed by atoms with Gasteiger partial charge in [-0.3, -0.25) is 9.69 Å². The second kappa shape index (κ2) is 6.76. The van der Waals surface area contributed by atoms with Crippen LogP contribution >= 0.6 is 0 Å². The van der Waals surface area contributed by atoms with E-state index in [-0.39, 0.29) is 16.9 Å². The first kappa shape index (κ1) is 17.1. The minimum absolute atomic E-state index is 0.0674. The lowest BCUT2D eigenvalue weighted by Gasteiger charge is -2.39. The zero-order valence-electron chi connectivity index (χ0n) is 15.2. The molecule has 2 aliphatic rings. The smallest absolute Gasteiger partial charge is 0.409 e. The molecule has 26 heavy (non-hydrogen) atoms. The molecule has 0 saturated carbocycles. The standard InChI is InChI=1S/C20H25N3O3/c1-26-19(25)23-9-4-7-20(14-23)8-10-22(13-20)12-15-11-18(24)16-5-2-3-6-17(16)21-15/h2-3,5-6,11H,4,7-10,12-14H2,1H3,(H,21,24). The van der Waals surface area contributed by atoms with Crippen LogP contribution in [0.15, 0.2) is 35.1 Å². The molecule has 0 bridgehead atoms. The number of ether oxygens (including phenoxy) is 1. The van der Waals surface area contributed by atoms with Gasteiger partial charge in [-0.1, -0.05) is 12.1 Å². The number of benzene rings is 1. The Hall–Kier alpha value is -2.34. The van der Waals surface area contributed by atoms with Crippen LogP contribution in [0.25, 0.3) is 10.9 Å². The van der Waals surface area contributed by atoms with Crippen LogP contribution in [0.5, 0.6) is 0 Å². The maximum atomic E-state index is 12.3. The number of likely N-dealkylation sites (tertiary alicyclic amines) is 2. The largest absolute Gasteiger partial charge is 0.453 e. The van der Waals surface area contributed by atoms with E-state index in [9.17, 15) is 9.59 Å². The zero-order chi connectivity index (χ0) is 18.1. The van der Waals surface area contributed by atoms with Crippen molar-refractivity contribution in [2.75, 3.05) is 33.3 Å². The SMILES string of the molecule is COC(=O)N1CCCC2(CCN(Cc3cc(=O)c4ccccc4[nH]3)C2)C1. The first-order chi connectivity index (χ1) is 12.6. The predicted octanol–water partition coefficient (Wildman–Crippen LogP) is 2.58. The van der Waals surface area contributed by atoms with Crippen molar-refractivity contribution in [1.29, 1.82) is 0 Å². The Bertz CT molecular complexity index is 878. The molecule has 3 heterocycles. The molecule has 138 valence electrons. The van der Waals surface area contributed by atoms with Gasteiger partial charge in [0.05, 0.1) is 7.11 Å². The number of nitrogens with one attached hydrogen (secondary N) is 1. The molecule has 6 nitrogen and oxygen atoms in total. The molecule has 1 atom stereocenters. The molecule has 2 aliphatic heterocycles. The van der Waals surface area contributed by atoms with E-state index in [1.165, 1.54) is 7.11 Å². The van der Waals surface area contributed by atoms with Gasteiger partial charge in [0.1, 0.15) is 0 Å². The van der Waals surface area contributed by atoms with Crippen molar-refractivity contribution in [3.8, 4) is 0 Å². The Labute approximate surface area is 152 Å². The highest BCUT2D eigenvalue weighted by Crippen LogP contribution is 2.39. The molecule has 2 saturated heterocycles. The average molecular weight is 355 g/mol. The number of para-hydroxylation sites is 1. The molecule has 1 aromatic heterocycles. The molecule has 4 rings (SSSR count). The molecule has 2 aromatic rings. The molecular weight excluding hydrogens is 330 g/mol. The van der Waals surface area contributed by atoms with E-state index in [1.54, 1.807) is 6.07 Å². The molecule has 1 spiro atoms. The van der Waals surface area contributed by atoms with Crippen molar-refractivity contribution in [3.63, 3.8) is 0 Å². The van der Waals surface area contributed by atoms with Gasteiger partial charge in [-0.2, -0.15) is 0 Å². The third kappa shape index (κ3) is 3.21. The van der Waals surface area contributed by atoms with Crippen LogP contribution in [0.1, 0.15) is 25.0 Å². The quantitative estimate of drug-likeness (QED) is 0.899. The monoisotopic (exact) mass is 355 g/mol. The summed E-state index contributed by atoms with van der Waals surface area (Å²) in [6.07, 6.45) is 3.03. The highest BCUT2D eigenvalue weighted by atomic mass is 16.5. The summed E-state index contributed by atoms with van der Waals surface area (Å²) in [4.78, 5) is 31.8. The predicted molar refractivity (Wildman–Crippen MR) is 100 cm³/mol. The summed E-state index contributed by atoms with van der Waals surface area (Å²) >= 11 is 0. The van der Waals surface area contributed by atoms with Gasteiger partial charge in [-0.15, -0.1) is 0 Å². The highest BCUT2D eigenvalue weighted by Gasteiger charge is 2.42. The van der Waals surface area contributed by atoms with E-state index >= 15 is 0 Å². The van der Waals surface area contributed by atoms with Crippen molar-refractivity contribution in [2.24, 2.45) is 5.41 Å². The molecule has 2 fully saturated rings. The van der Waals surface area contributed by atoms with Gasteiger partial charge in [-0.25, -0.2) is 4.79 Å². The number of hydrogen-bond donors (Lipinski definition) is 1. The maximum Gasteiger partial charge on any atom is 0.409 e. The Balaban J connectivity index is 1.48. The number of H-pyrrole nitrogens is 1. The first-order valence-electron chi connectivity index (χ1n) is 9.25. The number of aromatic amines is 1.